The Bertz CT molecular complexity index is 598. The van der Waals surface area contributed by atoms with E-state index in [1.54, 1.807) is 18.3 Å². The lowest BCUT2D eigenvalue weighted by molar-refractivity contribution is -0.120. The van der Waals surface area contributed by atoms with E-state index in [-0.39, 0.29) is 23.9 Å². The molecule has 0 aliphatic heterocycles. The van der Waals surface area contributed by atoms with Crippen molar-refractivity contribution in [1.82, 2.24) is 9.71 Å². The number of carbonyl (C=O) groups excluding carboxylic acids is 2. The summed E-state index contributed by atoms with van der Waals surface area (Å²) in [4.78, 5) is 26.6. The van der Waals surface area contributed by atoms with Crippen LogP contribution in [0.2, 0.25) is 0 Å². The standard InChI is InChI=1S/C13H16N2O4S/c16-12-4-3-10(6-12)7-13(17)15-20(18,19)9-11-2-1-5-14-8-11/h1-2,5,8,10H,3-4,6-7,9H2,(H,15,17). The van der Waals surface area contributed by atoms with Gasteiger partial charge in [-0.2, -0.15) is 0 Å². The van der Waals surface area contributed by atoms with Gasteiger partial charge in [-0.25, -0.2) is 8.42 Å². The summed E-state index contributed by atoms with van der Waals surface area (Å²) in [5, 5.41) is 0. The number of rotatable bonds is 5. The zero-order valence-corrected chi connectivity index (χ0v) is 11.7. The second kappa shape index (κ2) is 6.13. The highest BCUT2D eigenvalue weighted by atomic mass is 32.2. The minimum Gasteiger partial charge on any atom is -0.300 e. The molecule has 0 spiro atoms. The molecule has 0 aromatic carbocycles. The third kappa shape index (κ3) is 4.41. The van der Waals surface area contributed by atoms with Crippen molar-refractivity contribution in [2.24, 2.45) is 5.92 Å². The molecule has 1 saturated carbocycles. The molecule has 0 saturated heterocycles. The Kier molecular flexibility index (Phi) is 4.49. The molecule has 0 bridgehead atoms. The number of carbonyl (C=O) groups is 2. The molecule has 1 aromatic rings. The number of ketones is 1. The number of nitrogens with one attached hydrogen (secondary N) is 1. The number of hydrogen-bond donors (Lipinski definition) is 1. The number of nitrogens with zero attached hydrogens (tertiary/aromatic N) is 1. The first-order valence-electron chi connectivity index (χ1n) is 6.38. The van der Waals surface area contributed by atoms with Crippen LogP contribution in [0.3, 0.4) is 0 Å². The quantitative estimate of drug-likeness (QED) is 0.867. The van der Waals surface area contributed by atoms with Gasteiger partial charge in [0.15, 0.2) is 0 Å². The maximum atomic E-state index is 11.8. The Morgan fingerprint density at radius 2 is 2.25 bits per heavy atom. The van der Waals surface area contributed by atoms with Crippen LogP contribution >= 0.6 is 0 Å². The van der Waals surface area contributed by atoms with Gasteiger partial charge in [0.05, 0.1) is 5.75 Å². The molecule has 1 aliphatic carbocycles. The zero-order chi connectivity index (χ0) is 14.6. The van der Waals surface area contributed by atoms with E-state index < -0.39 is 15.9 Å². The van der Waals surface area contributed by atoms with Gasteiger partial charge in [-0.3, -0.25) is 19.3 Å². The molecule has 6 nitrogen and oxygen atoms in total. The second-order valence-corrected chi connectivity index (χ2v) is 6.72. The minimum absolute atomic E-state index is 0.0314. The van der Waals surface area contributed by atoms with Crippen LogP contribution in [0.15, 0.2) is 24.5 Å². The molecular weight excluding hydrogens is 280 g/mol. The predicted octanol–water partition coefficient (Wildman–Crippen LogP) is 0.787. The van der Waals surface area contributed by atoms with Crippen LogP contribution < -0.4 is 4.72 Å². The second-order valence-electron chi connectivity index (χ2n) is 5.00. The van der Waals surface area contributed by atoms with Crippen molar-refractivity contribution in [3.8, 4) is 0 Å². The number of pyridine rings is 1. The van der Waals surface area contributed by atoms with E-state index in [4.69, 9.17) is 0 Å². The Labute approximate surface area is 117 Å². The minimum atomic E-state index is -3.71. The van der Waals surface area contributed by atoms with Crippen LogP contribution in [0.5, 0.6) is 0 Å². The highest BCUT2D eigenvalue weighted by Gasteiger charge is 2.25. The summed E-state index contributed by atoms with van der Waals surface area (Å²) >= 11 is 0. The third-order valence-corrected chi connectivity index (χ3v) is 4.42. The van der Waals surface area contributed by atoms with Crippen LogP contribution in [0.25, 0.3) is 0 Å². The number of Topliss-reactive ketones (excluding diaryl/α,β-unsaturated/α-hetero) is 1. The number of aromatic nitrogens is 1. The van der Waals surface area contributed by atoms with Crippen LogP contribution in [-0.4, -0.2) is 25.1 Å². The molecule has 1 atom stereocenters. The van der Waals surface area contributed by atoms with Crippen molar-refractivity contribution in [2.45, 2.75) is 31.4 Å². The highest BCUT2D eigenvalue weighted by Crippen LogP contribution is 2.24. The molecule has 2 rings (SSSR count). The fourth-order valence-corrected chi connectivity index (χ4v) is 3.39. The Morgan fingerprint density at radius 3 is 2.85 bits per heavy atom. The van der Waals surface area contributed by atoms with E-state index in [9.17, 15) is 18.0 Å². The van der Waals surface area contributed by atoms with Crippen molar-refractivity contribution >= 4 is 21.7 Å². The van der Waals surface area contributed by atoms with E-state index in [2.05, 4.69) is 4.98 Å². The van der Waals surface area contributed by atoms with E-state index in [1.807, 2.05) is 4.72 Å². The SMILES string of the molecule is O=C1CCC(CC(=O)NS(=O)(=O)Cc2cccnc2)C1. The molecule has 0 radical (unpaired) electrons. The number of amides is 1. The van der Waals surface area contributed by atoms with Gasteiger partial charge in [0, 0.05) is 31.7 Å². The molecule has 1 amide bonds. The average Bonchev–Trinajstić information content (AvgIpc) is 2.74. The molecule has 7 heteroatoms. The first-order chi connectivity index (χ1) is 9.44. The topological polar surface area (TPSA) is 93.2 Å². The zero-order valence-electron chi connectivity index (χ0n) is 10.9. The molecule has 1 aromatic heterocycles. The van der Waals surface area contributed by atoms with Crippen LogP contribution in [-0.2, 0) is 25.4 Å². The maximum absolute atomic E-state index is 11.8. The van der Waals surface area contributed by atoms with Gasteiger partial charge in [-0.05, 0) is 24.0 Å². The summed E-state index contributed by atoms with van der Waals surface area (Å²) < 4.78 is 25.7. The lowest BCUT2D eigenvalue weighted by Crippen LogP contribution is -2.32. The Balaban J connectivity index is 1.88. The molecule has 20 heavy (non-hydrogen) atoms. The Hall–Kier alpha value is -1.76. The average molecular weight is 296 g/mol. The lowest BCUT2D eigenvalue weighted by Gasteiger charge is -2.09. The van der Waals surface area contributed by atoms with E-state index in [0.717, 1.165) is 0 Å². The molecule has 1 N–H and O–H groups in total. The third-order valence-electron chi connectivity index (χ3n) is 3.17. The summed E-state index contributed by atoms with van der Waals surface area (Å²) in [6, 6.07) is 3.27. The summed E-state index contributed by atoms with van der Waals surface area (Å²) in [5.74, 6) is -0.721. The molecule has 1 heterocycles. The van der Waals surface area contributed by atoms with Gasteiger partial charge in [0.25, 0.3) is 0 Å². The van der Waals surface area contributed by atoms with Crippen LogP contribution in [0.4, 0.5) is 0 Å². The van der Waals surface area contributed by atoms with Gasteiger partial charge in [-0.15, -0.1) is 0 Å². The first kappa shape index (κ1) is 14.6. The summed E-state index contributed by atoms with van der Waals surface area (Å²) in [6.45, 7) is 0. The first-order valence-corrected chi connectivity index (χ1v) is 8.04. The Morgan fingerprint density at radius 1 is 1.45 bits per heavy atom. The molecular formula is C13H16N2O4S. The van der Waals surface area contributed by atoms with Crippen LogP contribution in [0, 0.1) is 5.92 Å². The molecule has 1 aliphatic rings. The van der Waals surface area contributed by atoms with Crippen molar-refractivity contribution in [3.05, 3.63) is 30.1 Å². The lowest BCUT2D eigenvalue weighted by atomic mass is 10.0. The van der Waals surface area contributed by atoms with Gasteiger partial charge >= 0.3 is 0 Å². The largest absolute Gasteiger partial charge is 0.300 e. The maximum Gasteiger partial charge on any atom is 0.239 e. The van der Waals surface area contributed by atoms with Gasteiger partial charge < -0.3 is 0 Å². The van der Waals surface area contributed by atoms with E-state index >= 15 is 0 Å². The molecule has 1 unspecified atom stereocenters. The van der Waals surface area contributed by atoms with Crippen molar-refractivity contribution < 1.29 is 18.0 Å². The number of sulfonamides is 1. The smallest absolute Gasteiger partial charge is 0.239 e. The fourth-order valence-electron chi connectivity index (χ4n) is 2.28. The normalized spacial score (nSPS) is 19.0. The van der Waals surface area contributed by atoms with Crippen LogP contribution in [0.1, 0.15) is 31.2 Å². The summed E-state index contributed by atoms with van der Waals surface area (Å²) in [6.07, 6.45) is 4.59. The van der Waals surface area contributed by atoms with Gasteiger partial charge in [0.2, 0.25) is 15.9 Å². The van der Waals surface area contributed by atoms with E-state index in [1.165, 1.54) is 6.20 Å². The van der Waals surface area contributed by atoms with E-state index in [0.29, 0.717) is 24.8 Å². The fraction of sp³-hybridized carbons (Fsp3) is 0.462. The summed E-state index contributed by atoms with van der Waals surface area (Å²) in [5.41, 5.74) is 0.517. The van der Waals surface area contributed by atoms with Gasteiger partial charge in [-0.1, -0.05) is 6.07 Å². The number of hydrogen-bond acceptors (Lipinski definition) is 5. The van der Waals surface area contributed by atoms with Crippen molar-refractivity contribution in [2.75, 3.05) is 0 Å². The predicted molar refractivity (Wildman–Crippen MR) is 72.0 cm³/mol. The van der Waals surface area contributed by atoms with Crippen molar-refractivity contribution in [3.63, 3.8) is 0 Å². The molecule has 1 fully saturated rings. The highest BCUT2D eigenvalue weighted by molar-refractivity contribution is 7.89. The molecule has 108 valence electrons. The van der Waals surface area contributed by atoms with Crippen molar-refractivity contribution in [1.29, 1.82) is 0 Å². The monoisotopic (exact) mass is 296 g/mol. The van der Waals surface area contributed by atoms with Gasteiger partial charge in [0.1, 0.15) is 5.78 Å². The summed E-state index contributed by atoms with van der Waals surface area (Å²) in [7, 11) is -3.71.